The zero-order valence-corrected chi connectivity index (χ0v) is 25.5. The van der Waals surface area contributed by atoms with Crippen molar-refractivity contribution in [2.45, 2.75) is 102 Å². The Morgan fingerprint density at radius 3 is 2.00 bits per heavy atom. The van der Waals surface area contributed by atoms with Crippen molar-refractivity contribution in [3.05, 3.63) is 63.9 Å². The summed E-state index contributed by atoms with van der Waals surface area (Å²) in [5, 5.41) is -0.750. The van der Waals surface area contributed by atoms with Crippen LogP contribution in [0.3, 0.4) is 0 Å². The lowest BCUT2D eigenvalue weighted by atomic mass is 9.68. The van der Waals surface area contributed by atoms with Crippen LogP contribution in [0.4, 0.5) is 22.0 Å². The number of halogens is 6. The second kappa shape index (κ2) is 14.5. The summed E-state index contributed by atoms with van der Waals surface area (Å²) in [6.07, 6.45) is 6.04. The van der Waals surface area contributed by atoms with E-state index in [1.54, 1.807) is 6.07 Å². The Morgan fingerprint density at radius 2 is 1.42 bits per heavy atom. The van der Waals surface area contributed by atoms with Crippen molar-refractivity contribution in [2.24, 2.45) is 23.7 Å². The van der Waals surface area contributed by atoms with Gasteiger partial charge in [-0.15, -0.1) is 0 Å². The number of rotatable bonds is 10. The SMILES string of the molecule is CCCCCC1COC(c2ccc(C3CCC(C4CCC(C(F)(F)Oc5cc(F)c(Cl)c(F)c5)CC4)CC3)c(F)c2)OC1. The molecule has 5 rings (SSSR count). The fourth-order valence-electron chi connectivity index (χ4n) is 7.27. The van der Waals surface area contributed by atoms with Crippen LogP contribution in [0.1, 0.15) is 107 Å². The zero-order valence-electron chi connectivity index (χ0n) is 24.7. The first kappa shape index (κ1) is 32.5. The first-order valence-corrected chi connectivity index (χ1v) is 16.3. The monoisotopic (exact) mass is 628 g/mol. The number of hydrogen-bond acceptors (Lipinski definition) is 3. The largest absolute Gasteiger partial charge is 0.432 e. The van der Waals surface area contributed by atoms with Crippen molar-refractivity contribution < 1.29 is 36.2 Å². The molecule has 1 saturated heterocycles. The summed E-state index contributed by atoms with van der Waals surface area (Å²) in [6, 6.07) is 6.72. The third kappa shape index (κ3) is 8.04. The van der Waals surface area contributed by atoms with E-state index in [0.717, 1.165) is 37.7 Å². The fourth-order valence-corrected chi connectivity index (χ4v) is 7.38. The fraction of sp³-hybridized carbons (Fsp3) is 0.647. The van der Waals surface area contributed by atoms with Gasteiger partial charge in [-0.3, -0.25) is 0 Å². The molecule has 2 aliphatic carbocycles. The van der Waals surface area contributed by atoms with Gasteiger partial charge in [0.2, 0.25) is 0 Å². The van der Waals surface area contributed by atoms with E-state index in [2.05, 4.69) is 6.92 Å². The van der Waals surface area contributed by atoms with E-state index in [1.165, 1.54) is 19.3 Å². The van der Waals surface area contributed by atoms with E-state index in [1.807, 2.05) is 12.1 Å². The summed E-state index contributed by atoms with van der Waals surface area (Å²) in [5.74, 6) is -2.82. The van der Waals surface area contributed by atoms with Crippen LogP contribution in [0.2, 0.25) is 5.02 Å². The molecule has 0 amide bonds. The Labute approximate surface area is 256 Å². The second-order valence-electron chi connectivity index (χ2n) is 12.7. The predicted octanol–water partition coefficient (Wildman–Crippen LogP) is 10.8. The lowest BCUT2D eigenvalue weighted by Crippen LogP contribution is -2.38. The third-order valence-corrected chi connectivity index (χ3v) is 10.2. The topological polar surface area (TPSA) is 27.7 Å². The molecule has 1 aliphatic heterocycles. The normalized spacial score (nSPS) is 28.5. The van der Waals surface area contributed by atoms with Crippen LogP contribution >= 0.6 is 11.6 Å². The van der Waals surface area contributed by atoms with Crippen LogP contribution in [0.5, 0.6) is 5.75 Å². The smallest absolute Gasteiger partial charge is 0.400 e. The van der Waals surface area contributed by atoms with E-state index in [4.69, 9.17) is 25.8 Å². The van der Waals surface area contributed by atoms with E-state index < -0.39 is 40.7 Å². The van der Waals surface area contributed by atoms with Gasteiger partial charge < -0.3 is 14.2 Å². The lowest BCUT2D eigenvalue weighted by Gasteiger charge is -2.39. The molecule has 0 bridgehead atoms. The molecule has 0 aromatic heterocycles. The number of unbranched alkanes of at least 4 members (excludes halogenated alkanes) is 2. The number of ether oxygens (including phenoxy) is 3. The molecule has 3 fully saturated rings. The molecular formula is C34H42ClF5O3. The molecule has 0 N–H and O–H groups in total. The quantitative estimate of drug-likeness (QED) is 0.149. The molecule has 1 heterocycles. The molecule has 9 heteroatoms. The van der Waals surface area contributed by atoms with Gasteiger partial charge in [-0.1, -0.05) is 49.9 Å². The van der Waals surface area contributed by atoms with Crippen LogP contribution < -0.4 is 4.74 Å². The summed E-state index contributed by atoms with van der Waals surface area (Å²) in [4.78, 5) is 0. The van der Waals surface area contributed by atoms with Crippen molar-refractivity contribution in [2.75, 3.05) is 13.2 Å². The summed E-state index contributed by atoms with van der Waals surface area (Å²) < 4.78 is 89.0. The molecule has 3 aliphatic rings. The summed E-state index contributed by atoms with van der Waals surface area (Å²) in [6.45, 7) is 3.46. The molecule has 0 atom stereocenters. The second-order valence-corrected chi connectivity index (χ2v) is 13.1. The van der Waals surface area contributed by atoms with Crippen LogP contribution in [0.15, 0.2) is 30.3 Å². The maximum absolute atomic E-state index is 15.3. The molecule has 2 saturated carbocycles. The molecule has 2 aromatic rings. The maximum atomic E-state index is 15.3. The average Bonchev–Trinajstić information content (AvgIpc) is 3.00. The molecule has 3 nitrogen and oxygen atoms in total. The predicted molar refractivity (Wildman–Crippen MR) is 156 cm³/mol. The molecule has 0 radical (unpaired) electrons. The standard InChI is InChI=1S/C34H42ClF5O3/c1-2-3-4-5-21-19-41-33(42-20-21)25-12-15-28(29(36)16-25)24-8-6-22(7-9-24)23-10-13-26(14-11-23)34(39,40)43-27-17-30(37)32(35)31(38)18-27/h12,15-18,21-24,26,33H,2-11,13-14,19-20H2,1H3. The highest BCUT2D eigenvalue weighted by atomic mass is 35.5. The van der Waals surface area contributed by atoms with E-state index in [0.29, 0.717) is 61.5 Å². The average molecular weight is 629 g/mol. The highest BCUT2D eigenvalue weighted by Crippen LogP contribution is 2.47. The lowest BCUT2D eigenvalue weighted by molar-refractivity contribution is -0.224. The van der Waals surface area contributed by atoms with E-state index in [-0.39, 0.29) is 24.6 Å². The van der Waals surface area contributed by atoms with E-state index in [9.17, 15) is 17.6 Å². The number of benzene rings is 2. The molecule has 43 heavy (non-hydrogen) atoms. The Hall–Kier alpha value is -1.90. The Balaban J connectivity index is 1.08. The molecule has 0 unspecified atom stereocenters. The minimum Gasteiger partial charge on any atom is -0.432 e. The highest BCUT2D eigenvalue weighted by molar-refractivity contribution is 6.30. The number of alkyl halides is 2. The molecule has 238 valence electrons. The first-order valence-electron chi connectivity index (χ1n) is 15.9. The summed E-state index contributed by atoms with van der Waals surface area (Å²) in [5.41, 5.74) is 1.44. The third-order valence-electron chi connectivity index (χ3n) is 9.82. The van der Waals surface area contributed by atoms with Crippen molar-refractivity contribution in [1.82, 2.24) is 0 Å². The van der Waals surface area contributed by atoms with Crippen molar-refractivity contribution in [3.8, 4) is 5.75 Å². The zero-order chi connectivity index (χ0) is 30.6. The van der Waals surface area contributed by atoms with Crippen molar-refractivity contribution >= 4 is 11.6 Å². The Morgan fingerprint density at radius 1 is 0.814 bits per heavy atom. The van der Waals surface area contributed by atoms with Gasteiger partial charge in [-0.05, 0) is 87.2 Å². The first-order chi connectivity index (χ1) is 20.6. The summed E-state index contributed by atoms with van der Waals surface area (Å²) >= 11 is 5.44. The number of hydrogen-bond donors (Lipinski definition) is 0. The Bertz CT molecular complexity index is 1180. The van der Waals surface area contributed by atoms with Crippen molar-refractivity contribution in [3.63, 3.8) is 0 Å². The molecule has 0 spiro atoms. The molecule has 2 aromatic carbocycles. The highest BCUT2D eigenvalue weighted by Gasteiger charge is 2.45. The van der Waals surface area contributed by atoms with Gasteiger partial charge >= 0.3 is 6.11 Å². The van der Waals surface area contributed by atoms with Gasteiger partial charge in [-0.2, -0.15) is 8.78 Å². The van der Waals surface area contributed by atoms with Gasteiger partial charge in [0.1, 0.15) is 28.2 Å². The van der Waals surface area contributed by atoms with Gasteiger partial charge in [0.25, 0.3) is 0 Å². The van der Waals surface area contributed by atoms with Gasteiger partial charge in [0.15, 0.2) is 6.29 Å². The molecular weight excluding hydrogens is 587 g/mol. The van der Waals surface area contributed by atoms with Gasteiger partial charge in [-0.25, -0.2) is 13.2 Å². The van der Waals surface area contributed by atoms with Crippen molar-refractivity contribution in [1.29, 1.82) is 0 Å². The van der Waals surface area contributed by atoms with Crippen LogP contribution in [-0.2, 0) is 9.47 Å². The van der Waals surface area contributed by atoms with Gasteiger partial charge in [0.05, 0.1) is 19.1 Å². The van der Waals surface area contributed by atoms with E-state index >= 15 is 4.39 Å². The minimum absolute atomic E-state index is 0.135. The van der Waals surface area contributed by atoms with Crippen LogP contribution in [0, 0.1) is 41.1 Å². The van der Waals surface area contributed by atoms with Crippen LogP contribution in [0.25, 0.3) is 0 Å². The van der Waals surface area contributed by atoms with Gasteiger partial charge in [0, 0.05) is 23.6 Å². The van der Waals surface area contributed by atoms with Crippen LogP contribution in [-0.4, -0.2) is 19.3 Å². The summed E-state index contributed by atoms with van der Waals surface area (Å²) in [7, 11) is 0. The minimum atomic E-state index is -3.54. The maximum Gasteiger partial charge on any atom is 0.400 e. The Kier molecular flexibility index (Phi) is 10.9.